The fourth-order valence-corrected chi connectivity index (χ4v) is 4.66. The highest BCUT2D eigenvalue weighted by atomic mass is 35.5. The van der Waals surface area contributed by atoms with Gasteiger partial charge in [-0.2, -0.15) is 0 Å². The molecule has 1 N–H and O–H groups in total. The number of halogens is 2. The predicted octanol–water partition coefficient (Wildman–Crippen LogP) is 6.71. The average Bonchev–Trinajstić information content (AvgIpc) is 2.83. The molecule has 36 heavy (non-hydrogen) atoms. The van der Waals surface area contributed by atoms with Gasteiger partial charge in [0.25, 0.3) is 0 Å². The van der Waals surface area contributed by atoms with Crippen LogP contribution in [0.4, 0.5) is 0 Å². The maximum Gasteiger partial charge on any atom is 0.243 e. The zero-order valence-electron chi connectivity index (χ0n) is 21.2. The maximum absolute atomic E-state index is 13.8. The van der Waals surface area contributed by atoms with Gasteiger partial charge >= 0.3 is 0 Å². The van der Waals surface area contributed by atoms with Gasteiger partial charge in [0, 0.05) is 19.5 Å². The Morgan fingerprint density at radius 1 is 0.861 bits per heavy atom. The van der Waals surface area contributed by atoms with E-state index in [9.17, 15) is 9.59 Å². The highest BCUT2D eigenvalue weighted by molar-refractivity contribution is 6.42. The summed E-state index contributed by atoms with van der Waals surface area (Å²) in [5.41, 5.74) is 4.95. The lowest BCUT2D eigenvalue weighted by Gasteiger charge is -2.32. The first-order valence-corrected chi connectivity index (χ1v) is 13.1. The van der Waals surface area contributed by atoms with Crippen LogP contribution in [0.1, 0.15) is 47.6 Å². The highest BCUT2D eigenvalue weighted by Gasteiger charge is 2.30. The quantitative estimate of drug-likeness (QED) is 0.283. The smallest absolute Gasteiger partial charge is 0.243 e. The molecule has 0 aliphatic heterocycles. The molecule has 1 atom stereocenters. The minimum absolute atomic E-state index is 0.113. The summed E-state index contributed by atoms with van der Waals surface area (Å²) in [6.07, 6.45) is 2.48. The number of amides is 2. The van der Waals surface area contributed by atoms with E-state index < -0.39 is 6.04 Å². The van der Waals surface area contributed by atoms with E-state index in [-0.39, 0.29) is 24.8 Å². The Morgan fingerprint density at radius 3 is 2.19 bits per heavy atom. The zero-order valence-corrected chi connectivity index (χ0v) is 22.7. The summed E-state index contributed by atoms with van der Waals surface area (Å²) < 4.78 is 0. The number of aryl methyl sites for hydroxylation is 2. The predicted molar refractivity (Wildman–Crippen MR) is 148 cm³/mol. The SMILES string of the molecule is CCCCNC(=O)C(Cc1ccccc1)N(Cc1ccc(Cl)c(Cl)c1)C(=O)Cc1cc(C)cc(C)c1. The second-order valence-electron chi connectivity index (χ2n) is 9.29. The van der Waals surface area contributed by atoms with Gasteiger partial charge < -0.3 is 10.2 Å². The average molecular weight is 526 g/mol. The van der Waals surface area contributed by atoms with Crippen LogP contribution in [0, 0.1) is 13.8 Å². The molecule has 6 heteroatoms. The van der Waals surface area contributed by atoms with Crippen LogP contribution in [-0.2, 0) is 29.0 Å². The van der Waals surface area contributed by atoms with E-state index in [2.05, 4.69) is 18.3 Å². The Hall–Kier alpha value is -2.82. The van der Waals surface area contributed by atoms with E-state index in [1.165, 1.54) is 0 Å². The van der Waals surface area contributed by atoms with Gasteiger partial charge in [-0.25, -0.2) is 0 Å². The molecule has 0 radical (unpaired) electrons. The van der Waals surface area contributed by atoms with Gasteiger partial charge in [-0.1, -0.05) is 102 Å². The van der Waals surface area contributed by atoms with E-state index in [1.807, 2.05) is 62.4 Å². The van der Waals surface area contributed by atoms with Crippen molar-refractivity contribution < 1.29 is 9.59 Å². The van der Waals surface area contributed by atoms with Crippen LogP contribution in [-0.4, -0.2) is 29.3 Å². The number of benzene rings is 3. The largest absolute Gasteiger partial charge is 0.354 e. The molecule has 0 aliphatic carbocycles. The summed E-state index contributed by atoms with van der Waals surface area (Å²) >= 11 is 12.4. The molecule has 0 spiro atoms. The van der Waals surface area contributed by atoms with Crippen molar-refractivity contribution in [1.29, 1.82) is 0 Å². The summed E-state index contributed by atoms with van der Waals surface area (Å²) in [4.78, 5) is 29.0. The number of rotatable bonds is 11. The molecule has 0 bridgehead atoms. The molecule has 0 saturated carbocycles. The van der Waals surface area contributed by atoms with E-state index in [1.54, 1.807) is 17.0 Å². The van der Waals surface area contributed by atoms with E-state index in [0.717, 1.165) is 40.7 Å². The lowest BCUT2D eigenvalue weighted by Crippen LogP contribution is -2.51. The van der Waals surface area contributed by atoms with E-state index in [0.29, 0.717) is 23.0 Å². The third-order valence-electron chi connectivity index (χ3n) is 6.07. The van der Waals surface area contributed by atoms with Crippen molar-refractivity contribution in [2.45, 2.75) is 59.0 Å². The molecule has 4 nitrogen and oxygen atoms in total. The van der Waals surface area contributed by atoms with Crippen LogP contribution in [0.3, 0.4) is 0 Å². The molecule has 3 aromatic rings. The molecular formula is C30H34Cl2N2O2. The normalized spacial score (nSPS) is 11.7. The van der Waals surface area contributed by atoms with Crippen molar-refractivity contribution in [1.82, 2.24) is 10.2 Å². The monoisotopic (exact) mass is 524 g/mol. The van der Waals surface area contributed by atoms with Crippen LogP contribution in [0.2, 0.25) is 10.0 Å². The number of nitrogens with zero attached hydrogens (tertiary/aromatic N) is 1. The van der Waals surface area contributed by atoms with Crippen molar-refractivity contribution in [3.63, 3.8) is 0 Å². The number of unbranched alkanes of at least 4 members (excludes halogenated alkanes) is 1. The topological polar surface area (TPSA) is 49.4 Å². The van der Waals surface area contributed by atoms with Crippen LogP contribution < -0.4 is 5.32 Å². The Bertz CT molecular complexity index is 1160. The lowest BCUT2D eigenvalue weighted by molar-refractivity contribution is -0.140. The van der Waals surface area contributed by atoms with Crippen molar-refractivity contribution >= 4 is 35.0 Å². The third kappa shape index (κ3) is 8.11. The van der Waals surface area contributed by atoms with E-state index >= 15 is 0 Å². The summed E-state index contributed by atoms with van der Waals surface area (Å²) in [5.74, 6) is -0.265. The van der Waals surface area contributed by atoms with Gasteiger partial charge in [0.2, 0.25) is 11.8 Å². The number of hydrogen-bond donors (Lipinski definition) is 1. The van der Waals surface area contributed by atoms with Crippen molar-refractivity contribution in [2.75, 3.05) is 6.54 Å². The summed E-state index contributed by atoms with van der Waals surface area (Å²) in [6.45, 7) is 6.95. The molecule has 190 valence electrons. The molecule has 0 aromatic heterocycles. The van der Waals surface area contributed by atoms with Crippen molar-refractivity contribution in [2.24, 2.45) is 0 Å². The van der Waals surface area contributed by atoms with Gasteiger partial charge in [0.1, 0.15) is 6.04 Å². The molecular weight excluding hydrogens is 491 g/mol. The molecule has 0 aliphatic rings. The van der Waals surface area contributed by atoms with Gasteiger partial charge in [0.05, 0.1) is 16.5 Å². The summed E-state index contributed by atoms with van der Waals surface area (Å²) in [5, 5.41) is 3.92. The second-order valence-corrected chi connectivity index (χ2v) is 10.1. The zero-order chi connectivity index (χ0) is 26.1. The molecule has 2 amide bonds. The Kier molecular flexibility index (Phi) is 10.4. The van der Waals surface area contributed by atoms with Crippen LogP contribution in [0.5, 0.6) is 0 Å². The summed E-state index contributed by atoms with van der Waals surface area (Å²) in [6, 6.07) is 20.6. The minimum atomic E-state index is -0.669. The first kappa shape index (κ1) is 27.8. The van der Waals surface area contributed by atoms with Gasteiger partial charge in [-0.15, -0.1) is 0 Å². The lowest BCUT2D eigenvalue weighted by atomic mass is 10.00. The number of nitrogens with one attached hydrogen (secondary N) is 1. The number of carbonyl (C=O) groups excluding carboxylic acids is 2. The van der Waals surface area contributed by atoms with Crippen molar-refractivity contribution in [3.8, 4) is 0 Å². The highest BCUT2D eigenvalue weighted by Crippen LogP contribution is 2.25. The Balaban J connectivity index is 1.98. The van der Waals surface area contributed by atoms with Gasteiger partial charge in [-0.05, 0) is 49.1 Å². The summed E-state index contributed by atoms with van der Waals surface area (Å²) in [7, 11) is 0. The van der Waals surface area contributed by atoms with Crippen molar-refractivity contribution in [3.05, 3.63) is 105 Å². The first-order valence-electron chi connectivity index (χ1n) is 12.4. The van der Waals surface area contributed by atoms with Gasteiger partial charge in [0.15, 0.2) is 0 Å². The maximum atomic E-state index is 13.8. The first-order chi connectivity index (χ1) is 17.3. The number of carbonyl (C=O) groups is 2. The standard InChI is InChI=1S/C30H34Cl2N2O2/c1-4-5-13-33-30(36)28(18-23-9-7-6-8-10-23)34(20-24-11-12-26(31)27(32)17-24)29(35)19-25-15-21(2)14-22(3)16-25/h6-12,14-17,28H,4-5,13,18-20H2,1-3H3,(H,33,36). The Morgan fingerprint density at radius 2 is 1.56 bits per heavy atom. The molecule has 1 unspecified atom stereocenters. The fraction of sp³-hybridized carbons (Fsp3) is 0.333. The second kappa shape index (κ2) is 13.5. The van der Waals surface area contributed by atoms with E-state index in [4.69, 9.17) is 23.2 Å². The van der Waals surface area contributed by atoms with Crippen LogP contribution in [0.15, 0.2) is 66.7 Å². The Labute approximate surface area is 224 Å². The van der Waals surface area contributed by atoms with Gasteiger partial charge in [-0.3, -0.25) is 9.59 Å². The van der Waals surface area contributed by atoms with Crippen LogP contribution >= 0.6 is 23.2 Å². The number of hydrogen-bond acceptors (Lipinski definition) is 2. The fourth-order valence-electron chi connectivity index (χ4n) is 4.34. The minimum Gasteiger partial charge on any atom is -0.354 e. The molecule has 3 rings (SSSR count). The molecule has 0 saturated heterocycles. The molecule has 0 heterocycles. The van der Waals surface area contributed by atoms with Crippen LogP contribution in [0.25, 0.3) is 0 Å². The molecule has 3 aromatic carbocycles. The third-order valence-corrected chi connectivity index (χ3v) is 6.81. The molecule has 0 fully saturated rings.